The maximum Gasteiger partial charge on any atom is 0.0609 e. The van der Waals surface area contributed by atoms with Crippen LogP contribution in [0, 0.1) is 6.92 Å². The number of nitrogens with zero attached hydrogens (tertiary/aromatic N) is 4. The largest absolute Gasteiger partial charge is 0.368 e. The van der Waals surface area contributed by atoms with E-state index in [0.717, 1.165) is 26.2 Å². The van der Waals surface area contributed by atoms with E-state index in [0.29, 0.717) is 24.0 Å². The highest BCUT2D eigenvalue weighted by Gasteiger charge is 2.33. The van der Waals surface area contributed by atoms with Crippen LogP contribution in [-0.2, 0) is 13.1 Å². The minimum Gasteiger partial charge on any atom is -0.368 e. The molecule has 2 aromatic rings. The average molecular weight is 409 g/mol. The van der Waals surface area contributed by atoms with Gasteiger partial charge in [-0.3, -0.25) is 4.90 Å². The van der Waals surface area contributed by atoms with Crippen molar-refractivity contribution in [2.75, 3.05) is 29.9 Å². The van der Waals surface area contributed by atoms with Crippen LogP contribution in [0.4, 0.5) is 11.4 Å². The second kappa shape index (κ2) is 8.30. The van der Waals surface area contributed by atoms with E-state index in [1.165, 1.54) is 34.6 Å². The summed E-state index contributed by atoms with van der Waals surface area (Å²) in [6.07, 6.45) is 3.49. The van der Waals surface area contributed by atoms with Crippen molar-refractivity contribution in [2.45, 2.75) is 85.1 Å². The fraction of sp³-hybridized carbons (Fsp3) is 0.615. The van der Waals surface area contributed by atoms with Crippen LogP contribution in [0.25, 0.3) is 0 Å². The number of aromatic nitrogens is 1. The van der Waals surface area contributed by atoms with Gasteiger partial charge in [-0.25, -0.2) is 0 Å². The zero-order chi connectivity index (χ0) is 21.6. The van der Waals surface area contributed by atoms with Crippen molar-refractivity contribution < 1.29 is 0 Å². The van der Waals surface area contributed by atoms with Crippen LogP contribution in [0.5, 0.6) is 0 Å². The molecule has 1 aromatic heterocycles. The number of likely N-dealkylation sites (N-methyl/N-ethyl adjacent to an activating group) is 1. The molecule has 2 aliphatic rings. The number of rotatable bonds is 5. The average Bonchev–Trinajstić information content (AvgIpc) is 3.13. The van der Waals surface area contributed by atoms with E-state index in [4.69, 9.17) is 0 Å². The highest BCUT2D eigenvalue weighted by molar-refractivity contribution is 5.75. The van der Waals surface area contributed by atoms with Gasteiger partial charge in [0.05, 0.1) is 11.4 Å². The van der Waals surface area contributed by atoms with Gasteiger partial charge in [0, 0.05) is 63.2 Å². The Balaban J connectivity index is 1.51. The van der Waals surface area contributed by atoms with Crippen molar-refractivity contribution in [1.29, 1.82) is 0 Å². The first kappa shape index (κ1) is 21.3. The maximum absolute atomic E-state index is 2.71. The molecule has 30 heavy (non-hydrogen) atoms. The zero-order valence-corrected chi connectivity index (χ0v) is 20.0. The Morgan fingerprint density at radius 1 is 1.00 bits per heavy atom. The molecule has 0 bridgehead atoms. The first-order chi connectivity index (χ1) is 14.3. The van der Waals surface area contributed by atoms with E-state index in [9.17, 15) is 0 Å². The quantitative estimate of drug-likeness (QED) is 0.672. The number of aryl methyl sites for hydroxylation is 1. The topological polar surface area (TPSA) is 14.7 Å². The van der Waals surface area contributed by atoms with Crippen LogP contribution < -0.4 is 9.80 Å². The van der Waals surface area contributed by atoms with E-state index in [-0.39, 0.29) is 0 Å². The van der Waals surface area contributed by atoms with Crippen molar-refractivity contribution in [3.8, 4) is 0 Å². The van der Waals surface area contributed by atoms with Gasteiger partial charge in [-0.15, -0.1) is 0 Å². The number of anilines is 2. The third kappa shape index (κ3) is 3.87. The van der Waals surface area contributed by atoms with Crippen LogP contribution in [0.1, 0.15) is 63.8 Å². The van der Waals surface area contributed by atoms with Crippen LogP contribution in [0.15, 0.2) is 30.5 Å². The molecule has 0 radical (unpaired) electrons. The maximum atomic E-state index is 2.71. The lowest BCUT2D eigenvalue weighted by atomic mass is 9.97. The predicted octanol–water partition coefficient (Wildman–Crippen LogP) is 5.25. The van der Waals surface area contributed by atoms with Crippen molar-refractivity contribution in [1.82, 2.24) is 9.47 Å². The molecule has 164 valence electrons. The van der Waals surface area contributed by atoms with Gasteiger partial charge in [-0.2, -0.15) is 0 Å². The van der Waals surface area contributed by atoms with Crippen LogP contribution in [-0.4, -0.2) is 47.7 Å². The summed E-state index contributed by atoms with van der Waals surface area (Å²) in [6, 6.07) is 10.9. The van der Waals surface area contributed by atoms with Gasteiger partial charge in [0.1, 0.15) is 0 Å². The summed E-state index contributed by atoms with van der Waals surface area (Å²) >= 11 is 0. The fourth-order valence-electron chi connectivity index (χ4n) is 5.39. The van der Waals surface area contributed by atoms with Gasteiger partial charge in [-0.05, 0) is 69.4 Å². The Hall–Kier alpha value is -1.94. The standard InChI is InChI=1S/C26H40N4/c1-18(2)23-10-11-28-12-13-29(17-26(23)28)21(6)15-22-16-30(19(3)4)25-14-20(5)8-9-24(25)27(22)7/h8-11,14,18-19,21-22H,12-13,15-17H2,1-7H3. The second-order valence-corrected chi connectivity index (χ2v) is 10.1. The van der Waals surface area contributed by atoms with Crippen LogP contribution in [0.3, 0.4) is 0 Å². The molecular formula is C26H40N4. The third-order valence-corrected chi connectivity index (χ3v) is 7.35. The minimum atomic E-state index is 0.518. The highest BCUT2D eigenvalue weighted by atomic mass is 15.3. The Morgan fingerprint density at radius 3 is 2.47 bits per heavy atom. The van der Waals surface area contributed by atoms with Gasteiger partial charge in [0.15, 0.2) is 0 Å². The van der Waals surface area contributed by atoms with Gasteiger partial charge >= 0.3 is 0 Å². The van der Waals surface area contributed by atoms with Crippen LogP contribution in [0.2, 0.25) is 0 Å². The van der Waals surface area contributed by atoms with Crippen molar-refractivity contribution >= 4 is 11.4 Å². The Bertz CT molecular complexity index is 881. The normalized spacial score (nSPS) is 20.6. The van der Waals surface area contributed by atoms with E-state index >= 15 is 0 Å². The molecule has 0 amide bonds. The molecule has 0 N–H and O–H groups in total. The van der Waals surface area contributed by atoms with Crippen molar-refractivity contribution in [2.24, 2.45) is 0 Å². The summed E-state index contributed by atoms with van der Waals surface area (Å²) in [7, 11) is 2.29. The molecule has 4 nitrogen and oxygen atoms in total. The number of fused-ring (bicyclic) bond motifs is 2. The van der Waals surface area contributed by atoms with Gasteiger partial charge in [0.25, 0.3) is 0 Å². The SMILES string of the molecule is Cc1ccc2c(c1)N(C(C)C)CC(CC(C)N1CCn3ccc(C(C)C)c3C1)N2C. The number of hydrogen-bond donors (Lipinski definition) is 0. The predicted molar refractivity (Wildman–Crippen MR) is 129 cm³/mol. The summed E-state index contributed by atoms with van der Waals surface area (Å²) in [4.78, 5) is 7.85. The summed E-state index contributed by atoms with van der Waals surface area (Å²) in [5.74, 6) is 0.598. The van der Waals surface area contributed by atoms with Gasteiger partial charge < -0.3 is 14.4 Å². The summed E-state index contributed by atoms with van der Waals surface area (Å²) in [5, 5.41) is 0. The Morgan fingerprint density at radius 2 is 1.77 bits per heavy atom. The lowest BCUT2D eigenvalue weighted by Gasteiger charge is -2.46. The third-order valence-electron chi connectivity index (χ3n) is 7.35. The van der Waals surface area contributed by atoms with E-state index in [1.54, 1.807) is 0 Å². The Labute approximate surface area is 183 Å². The van der Waals surface area contributed by atoms with E-state index in [1.807, 2.05) is 0 Å². The molecule has 4 heteroatoms. The molecule has 2 unspecified atom stereocenters. The van der Waals surface area contributed by atoms with Crippen LogP contribution >= 0.6 is 0 Å². The zero-order valence-electron chi connectivity index (χ0n) is 20.0. The van der Waals surface area contributed by atoms with Crippen molar-refractivity contribution in [3.05, 3.63) is 47.3 Å². The molecule has 2 atom stereocenters. The molecule has 0 saturated heterocycles. The first-order valence-corrected chi connectivity index (χ1v) is 11.8. The highest BCUT2D eigenvalue weighted by Crippen LogP contribution is 2.38. The second-order valence-electron chi connectivity index (χ2n) is 10.1. The minimum absolute atomic E-state index is 0.518. The molecule has 0 fully saturated rings. The lowest BCUT2D eigenvalue weighted by molar-refractivity contribution is 0.151. The molecule has 0 saturated carbocycles. The Kier molecular flexibility index (Phi) is 5.89. The summed E-state index contributed by atoms with van der Waals surface area (Å²) in [6.45, 7) is 18.4. The van der Waals surface area contributed by atoms with Gasteiger partial charge in [-0.1, -0.05) is 19.9 Å². The molecule has 2 aliphatic heterocycles. The van der Waals surface area contributed by atoms with Crippen molar-refractivity contribution in [3.63, 3.8) is 0 Å². The summed E-state index contributed by atoms with van der Waals surface area (Å²) in [5.41, 5.74) is 7.18. The first-order valence-electron chi connectivity index (χ1n) is 11.8. The molecule has 0 spiro atoms. The molecule has 1 aromatic carbocycles. The van der Waals surface area contributed by atoms with Gasteiger partial charge in [0.2, 0.25) is 0 Å². The molecule has 4 rings (SSSR count). The molecule has 3 heterocycles. The monoisotopic (exact) mass is 408 g/mol. The van der Waals surface area contributed by atoms with E-state index < -0.39 is 0 Å². The van der Waals surface area contributed by atoms with E-state index in [2.05, 4.69) is 98.3 Å². The number of benzene rings is 1. The lowest BCUT2D eigenvalue weighted by Crippen LogP contribution is -2.52. The number of hydrogen-bond acceptors (Lipinski definition) is 3. The molecule has 0 aliphatic carbocycles. The smallest absolute Gasteiger partial charge is 0.0609 e. The summed E-state index contributed by atoms with van der Waals surface area (Å²) < 4.78 is 2.48. The molecular weight excluding hydrogens is 368 g/mol. The fourth-order valence-corrected chi connectivity index (χ4v) is 5.39.